The molecule has 2 aromatic rings. The van der Waals surface area contributed by atoms with Crippen molar-refractivity contribution in [2.75, 3.05) is 5.32 Å². The lowest BCUT2D eigenvalue weighted by atomic mass is 10.0. The molecule has 2 aromatic carbocycles. The van der Waals surface area contributed by atoms with Crippen molar-refractivity contribution in [3.05, 3.63) is 64.2 Å². The van der Waals surface area contributed by atoms with E-state index in [4.69, 9.17) is 11.6 Å². The lowest BCUT2D eigenvalue weighted by Gasteiger charge is -2.18. The van der Waals surface area contributed by atoms with Crippen molar-refractivity contribution in [3.63, 3.8) is 0 Å². The summed E-state index contributed by atoms with van der Waals surface area (Å²) in [6, 6.07) is 13.0. The van der Waals surface area contributed by atoms with Crippen LogP contribution in [0.25, 0.3) is 0 Å². The summed E-state index contributed by atoms with van der Waals surface area (Å²) in [6.45, 7) is 6.06. The van der Waals surface area contributed by atoms with E-state index in [1.54, 1.807) is 24.3 Å². The maximum absolute atomic E-state index is 12.0. The predicted octanol–water partition coefficient (Wildman–Crippen LogP) is 4.84. The van der Waals surface area contributed by atoms with Crippen LogP contribution < -0.4 is 10.6 Å². The molecule has 4 heteroatoms. The molecule has 0 aliphatic heterocycles. The first-order chi connectivity index (χ1) is 9.95. The highest BCUT2D eigenvalue weighted by molar-refractivity contribution is 6.30. The second-order valence-electron chi connectivity index (χ2n) is 5.19. The number of urea groups is 1. The van der Waals surface area contributed by atoms with Crippen molar-refractivity contribution in [1.29, 1.82) is 0 Å². The van der Waals surface area contributed by atoms with Gasteiger partial charge in [-0.1, -0.05) is 41.4 Å². The lowest BCUT2D eigenvalue weighted by molar-refractivity contribution is 0.249. The highest BCUT2D eigenvalue weighted by atomic mass is 35.5. The zero-order valence-electron chi connectivity index (χ0n) is 12.4. The number of carbonyl (C=O) groups excluding carboxylic acids is 1. The second-order valence-corrected chi connectivity index (χ2v) is 5.63. The van der Waals surface area contributed by atoms with Gasteiger partial charge in [0.25, 0.3) is 0 Å². The van der Waals surface area contributed by atoms with Gasteiger partial charge < -0.3 is 10.6 Å². The van der Waals surface area contributed by atoms with Crippen molar-refractivity contribution >= 4 is 23.3 Å². The smallest absolute Gasteiger partial charge is 0.319 e. The number of anilines is 1. The monoisotopic (exact) mass is 302 g/mol. The molecule has 2 N–H and O–H groups in total. The quantitative estimate of drug-likeness (QED) is 0.837. The molecular weight excluding hydrogens is 284 g/mol. The summed E-state index contributed by atoms with van der Waals surface area (Å²) >= 11 is 5.90. The molecule has 3 nitrogen and oxygen atoms in total. The third-order valence-electron chi connectivity index (χ3n) is 3.33. The van der Waals surface area contributed by atoms with Gasteiger partial charge in [0, 0.05) is 10.7 Å². The molecule has 0 unspecified atom stereocenters. The number of rotatable bonds is 3. The molecule has 0 spiro atoms. The summed E-state index contributed by atoms with van der Waals surface area (Å²) < 4.78 is 0. The SMILES string of the molecule is Cc1ccc(C)c([C@@H](C)NC(=O)Nc2cccc(Cl)c2)c1. The average Bonchev–Trinajstić information content (AvgIpc) is 2.41. The Morgan fingerprint density at radius 1 is 1.14 bits per heavy atom. The van der Waals surface area contributed by atoms with Gasteiger partial charge in [-0.15, -0.1) is 0 Å². The van der Waals surface area contributed by atoms with Gasteiger partial charge in [-0.05, 0) is 50.1 Å². The number of nitrogens with one attached hydrogen (secondary N) is 2. The molecule has 0 aliphatic rings. The third-order valence-corrected chi connectivity index (χ3v) is 3.57. The molecule has 1 atom stereocenters. The Labute approximate surface area is 130 Å². The van der Waals surface area contributed by atoms with Gasteiger partial charge in [0.05, 0.1) is 6.04 Å². The Balaban J connectivity index is 2.03. The third kappa shape index (κ3) is 4.23. The van der Waals surface area contributed by atoms with E-state index in [0.717, 1.165) is 11.1 Å². The first-order valence-corrected chi connectivity index (χ1v) is 7.24. The van der Waals surface area contributed by atoms with Crippen molar-refractivity contribution < 1.29 is 4.79 Å². The Morgan fingerprint density at radius 2 is 1.90 bits per heavy atom. The summed E-state index contributed by atoms with van der Waals surface area (Å²) in [4.78, 5) is 12.0. The van der Waals surface area contributed by atoms with E-state index in [9.17, 15) is 4.79 Å². The summed E-state index contributed by atoms with van der Waals surface area (Å²) in [7, 11) is 0. The first-order valence-electron chi connectivity index (χ1n) is 6.86. The van der Waals surface area contributed by atoms with Crippen molar-refractivity contribution in [2.45, 2.75) is 26.8 Å². The minimum Gasteiger partial charge on any atom is -0.331 e. The van der Waals surface area contributed by atoms with Crippen LogP contribution in [0.2, 0.25) is 5.02 Å². The second kappa shape index (κ2) is 6.64. The Hall–Kier alpha value is -2.00. The van der Waals surface area contributed by atoms with Crippen molar-refractivity contribution in [3.8, 4) is 0 Å². The standard InChI is InChI=1S/C17H19ClN2O/c1-11-7-8-12(2)16(9-11)13(3)19-17(21)20-15-6-4-5-14(18)10-15/h4-10,13H,1-3H3,(H2,19,20,21)/t13-/m1/s1. The van der Waals surface area contributed by atoms with Gasteiger partial charge in [0.15, 0.2) is 0 Å². The fraction of sp³-hybridized carbons (Fsp3) is 0.235. The van der Waals surface area contributed by atoms with E-state index in [0.29, 0.717) is 10.7 Å². The van der Waals surface area contributed by atoms with E-state index in [-0.39, 0.29) is 12.1 Å². The maximum atomic E-state index is 12.0. The molecule has 0 fully saturated rings. The highest BCUT2D eigenvalue weighted by Crippen LogP contribution is 2.19. The number of hydrogen-bond donors (Lipinski definition) is 2. The summed E-state index contributed by atoms with van der Waals surface area (Å²) in [5, 5.41) is 6.31. The van der Waals surface area contributed by atoms with Crippen LogP contribution in [-0.4, -0.2) is 6.03 Å². The molecule has 110 valence electrons. The van der Waals surface area contributed by atoms with Crippen LogP contribution in [0.3, 0.4) is 0 Å². The molecule has 0 radical (unpaired) electrons. The lowest BCUT2D eigenvalue weighted by Crippen LogP contribution is -2.31. The molecule has 0 bridgehead atoms. The van der Waals surface area contributed by atoms with Crippen LogP contribution in [0.15, 0.2) is 42.5 Å². The molecule has 0 saturated heterocycles. The van der Waals surface area contributed by atoms with Crippen LogP contribution in [0.1, 0.15) is 29.7 Å². The molecule has 2 amide bonds. The van der Waals surface area contributed by atoms with E-state index < -0.39 is 0 Å². The fourth-order valence-corrected chi connectivity index (χ4v) is 2.42. The number of amides is 2. The van der Waals surface area contributed by atoms with Crippen LogP contribution >= 0.6 is 11.6 Å². The Morgan fingerprint density at radius 3 is 2.62 bits per heavy atom. The minimum absolute atomic E-state index is 0.0657. The summed E-state index contributed by atoms with van der Waals surface area (Å²) in [5.41, 5.74) is 4.14. The zero-order chi connectivity index (χ0) is 15.4. The predicted molar refractivity (Wildman–Crippen MR) is 87.9 cm³/mol. The van der Waals surface area contributed by atoms with Gasteiger partial charge in [-0.3, -0.25) is 0 Å². The Kier molecular flexibility index (Phi) is 4.86. The molecule has 0 aliphatic carbocycles. The topological polar surface area (TPSA) is 41.1 Å². The van der Waals surface area contributed by atoms with Crippen LogP contribution in [0.4, 0.5) is 10.5 Å². The first kappa shape index (κ1) is 15.4. The van der Waals surface area contributed by atoms with E-state index in [1.807, 2.05) is 20.8 Å². The van der Waals surface area contributed by atoms with Gasteiger partial charge in [0.2, 0.25) is 0 Å². The largest absolute Gasteiger partial charge is 0.331 e. The summed E-state index contributed by atoms with van der Waals surface area (Å²) in [5.74, 6) is 0. The van der Waals surface area contributed by atoms with Crippen molar-refractivity contribution in [2.24, 2.45) is 0 Å². The molecule has 21 heavy (non-hydrogen) atoms. The number of aryl methyl sites for hydroxylation is 2. The van der Waals surface area contributed by atoms with E-state index >= 15 is 0 Å². The number of benzene rings is 2. The highest BCUT2D eigenvalue weighted by Gasteiger charge is 2.12. The van der Waals surface area contributed by atoms with Crippen LogP contribution in [0.5, 0.6) is 0 Å². The fourth-order valence-electron chi connectivity index (χ4n) is 2.23. The zero-order valence-corrected chi connectivity index (χ0v) is 13.2. The van der Waals surface area contributed by atoms with E-state index in [1.165, 1.54) is 5.56 Å². The van der Waals surface area contributed by atoms with Gasteiger partial charge >= 0.3 is 6.03 Å². The molecular formula is C17H19ClN2O. The normalized spacial score (nSPS) is 11.8. The van der Waals surface area contributed by atoms with E-state index in [2.05, 4.69) is 28.8 Å². The maximum Gasteiger partial charge on any atom is 0.319 e. The van der Waals surface area contributed by atoms with Gasteiger partial charge in [0.1, 0.15) is 0 Å². The van der Waals surface area contributed by atoms with Gasteiger partial charge in [-0.25, -0.2) is 4.79 Å². The molecule has 0 saturated carbocycles. The minimum atomic E-state index is -0.245. The molecule has 2 rings (SSSR count). The van der Waals surface area contributed by atoms with Crippen LogP contribution in [-0.2, 0) is 0 Å². The molecule has 0 heterocycles. The average molecular weight is 303 g/mol. The van der Waals surface area contributed by atoms with Crippen LogP contribution in [0, 0.1) is 13.8 Å². The molecule has 0 aromatic heterocycles. The van der Waals surface area contributed by atoms with Crippen molar-refractivity contribution in [1.82, 2.24) is 5.32 Å². The number of halogens is 1. The number of hydrogen-bond acceptors (Lipinski definition) is 1. The summed E-state index contributed by atoms with van der Waals surface area (Å²) in [6.07, 6.45) is 0. The number of carbonyl (C=O) groups is 1. The Bertz CT molecular complexity index is 655. The van der Waals surface area contributed by atoms with Gasteiger partial charge in [-0.2, -0.15) is 0 Å².